The Morgan fingerprint density at radius 1 is 1.12 bits per heavy atom. The van der Waals surface area contributed by atoms with Crippen molar-refractivity contribution in [2.24, 2.45) is 5.41 Å². The Kier molecular flexibility index (Phi) is 10.1. The van der Waals surface area contributed by atoms with E-state index in [4.69, 9.17) is 19.9 Å². The number of halogens is 3. The smallest absolute Gasteiger partial charge is 0.475 e. The lowest BCUT2D eigenvalue weighted by Gasteiger charge is -2.41. The summed E-state index contributed by atoms with van der Waals surface area (Å²) in [4.78, 5) is 28.4. The number of aryl methyl sites for hydroxylation is 1. The number of imidazole rings is 1. The first kappa shape index (κ1) is 30.4. The van der Waals surface area contributed by atoms with E-state index in [0.29, 0.717) is 37.5 Å². The maximum atomic E-state index is 13.3. The van der Waals surface area contributed by atoms with Crippen molar-refractivity contribution in [3.8, 4) is 6.07 Å². The number of benzene rings is 2. The summed E-state index contributed by atoms with van der Waals surface area (Å²) in [6.45, 7) is 4.77. The Bertz CT molecular complexity index is 1340. The van der Waals surface area contributed by atoms with Crippen molar-refractivity contribution in [2.45, 2.75) is 38.9 Å². The molecule has 212 valence electrons. The SMILES string of the molecule is COCC1(Cc2cccc(C)c2)CCN(C(=O)c2cncn2Cc2ccc(C#N)cc2)CC1.O=C(O)C(F)(F)F. The third-order valence-corrected chi connectivity index (χ3v) is 6.83. The topological polar surface area (TPSA) is 108 Å². The van der Waals surface area contributed by atoms with Gasteiger partial charge >= 0.3 is 12.1 Å². The van der Waals surface area contributed by atoms with Crippen LogP contribution in [0.4, 0.5) is 13.2 Å². The lowest BCUT2D eigenvalue weighted by molar-refractivity contribution is -0.192. The fraction of sp³-hybridized carbons (Fsp3) is 0.379. The average molecular weight is 557 g/mol. The van der Waals surface area contributed by atoms with Gasteiger partial charge < -0.3 is 19.3 Å². The number of carbonyl (C=O) groups is 2. The second kappa shape index (κ2) is 13.3. The second-order valence-electron chi connectivity index (χ2n) is 9.91. The van der Waals surface area contributed by atoms with Crippen LogP contribution in [0.1, 0.15) is 45.6 Å². The number of ether oxygens (including phenoxy) is 1. The number of likely N-dealkylation sites (tertiary alicyclic amines) is 1. The third-order valence-electron chi connectivity index (χ3n) is 6.83. The van der Waals surface area contributed by atoms with E-state index in [-0.39, 0.29) is 11.3 Å². The maximum absolute atomic E-state index is 13.3. The molecule has 1 amide bonds. The highest BCUT2D eigenvalue weighted by Crippen LogP contribution is 2.36. The van der Waals surface area contributed by atoms with E-state index in [2.05, 4.69) is 42.2 Å². The molecule has 1 aliphatic rings. The highest BCUT2D eigenvalue weighted by atomic mass is 19.4. The molecule has 3 aromatic rings. The number of rotatable bonds is 7. The first-order valence-electron chi connectivity index (χ1n) is 12.6. The zero-order chi connectivity index (χ0) is 29.3. The fourth-order valence-electron chi connectivity index (χ4n) is 4.79. The van der Waals surface area contributed by atoms with E-state index in [0.717, 1.165) is 24.8 Å². The molecule has 1 aromatic heterocycles. The number of hydrogen-bond acceptors (Lipinski definition) is 5. The van der Waals surface area contributed by atoms with Crippen molar-refractivity contribution in [1.29, 1.82) is 5.26 Å². The Morgan fingerprint density at radius 3 is 2.33 bits per heavy atom. The molecule has 0 saturated carbocycles. The molecular weight excluding hydrogens is 525 g/mol. The first-order chi connectivity index (χ1) is 19.0. The number of aliphatic carboxylic acids is 1. The van der Waals surface area contributed by atoms with Gasteiger partial charge in [-0.3, -0.25) is 4.79 Å². The molecule has 1 N–H and O–H groups in total. The number of carboxylic acids is 1. The minimum Gasteiger partial charge on any atom is -0.475 e. The van der Waals surface area contributed by atoms with Crippen molar-refractivity contribution >= 4 is 11.9 Å². The molecule has 40 heavy (non-hydrogen) atoms. The summed E-state index contributed by atoms with van der Waals surface area (Å²) in [5.41, 5.74) is 4.88. The van der Waals surface area contributed by atoms with Gasteiger partial charge in [0.15, 0.2) is 0 Å². The number of carbonyl (C=O) groups excluding carboxylic acids is 1. The van der Waals surface area contributed by atoms with E-state index in [9.17, 15) is 18.0 Å². The van der Waals surface area contributed by atoms with Gasteiger partial charge in [0.25, 0.3) is 5.91 Å². The molecule has 4 rings (SSSR count). The zero-order valence-corrected chi connectivity index (χ0v) is 22.3. The van der Waals surface area contributed by atoms with Crippen molar-refractivity contribution in [2.75, 3.05) is 26.8 Å². The van der Waals surface area contributed by atoms with Crippen molar-refractivity contribution in [3.63, 3.8) is 0 Å². The van der Waals surface area contributed by atoms with Gasteiger partial charge in [-0.15, -0.1) is 0 Å². The van der Waals surface area contributed by atoms with Gasteiger partial charge in [-0.2, -0.15) is 18.4 Å². The van der Waals surface area contributed by atoms with E-state index in [1.165, 1.54) is 11.1 Å². The number of carboxylic acid groups (broad SMARTS) is 1. The van der Waals surface area contributed by atoms with Gasteiger partial charge in [0.2, 0.25) is 0 Å². The van der Waals surface area contributed by atoms with Crippen LogP contribution in [0, 0.1) is 23.7 Å². The molecular formula is C29H31F3N4O4. The van der Waals surface area contributed by atoms with Gasteiger partial charge in [-0.05, 0) is 49.4 Å². The van der Waals surface area contributed by atoms with Gasteiger partial charge in [-0.25, -0.2) is 9.78 Å². The first-order valence-corrected chi connectivity index (χ1v) is 12.6. The summed E-state index contributed by atoms with van der Waals surface area (Å²) >= 11 is 0. The normalized spacial score (nSPS) is 14.6. The van der Waals surface area contributed by atoms with Crippen LogP contribution in [-0.2, 0) is 22.5 Å². The standard InChI is InChI=1S/C27H30N4O2.C2HF3O2/c1-21-4-3-5-24(14-21)15-27(19-33-2)10-12-30(13-11-27)26(32)25-17-29-20-31(25)18-23-8-6-22(16-28)7-9-23;3-2(4,5)1(6)7/h3-9,14,17,20H,10-13,15,18-19H2,1-2H3;(H,6,7). The van der Waals surface area contributed by atoms with Crippen LogP contribution in [0.15, 0.2) is 61.1 Å². The minimum atomic E-state index is -5.08. The number of nitrogens with zero attached hydrogens (tertiary/aromatic N) is 4. The number of hydrogen-bond donors (Lipinski definition) is 1. The summed E-state index contributed by atoms with van der Waals surface area (Å²) in [5, 5.41) is 16.1. The highest BCUT2D eigenvalue weighted by Gasteiger charge is 2.38. The van der Waals surface area contributed by atoms with E-state index in [1.807, 2.05) is 21.6 Å². The Hall–Kier alpha value is -4.17. The van der Waals surface area contributed by atoms with Crippen LogP contribution in [0.2, 0.25) is 0 Å². The summed E-state index contributed by atoms with van der Waals surface area (Å²) in [6, 6.07) is 18.2. The monoisotopic (exact) mass is 556 g/mol. The van der Waals surface area contributed by atoms with Gasteiger partial charge in [-0.1, -0.05) is 42.0 Å². The van der Waals surface area contributed by atoms with Crippen LogP contribution in [-0.4, -0.2) is 64.4 Å². The largest absolute Gasteiger partial charge is 0.490 e. The van der Waals surface area contributed by atoms with Crippen LogP contribution >= 0.6 is 0 Å². The van der Waals surface area contributed by atoms with E-state index >= 15 is 0 Å². The summed E-state index contributed by atoms with van der Waals surface area (Å²) in [7, 11) is 1.76. The molecule has 1 fully saturated rings. The molecule has 0 atom stereocenters. The summed E-state index contributed by atoms with van der Waals surface area (Å²) in [5.74, 6) is -2.74. The summed E-state index contributed by atoms with van der Waals surface area (Å²) in [6.07, 6.45) is 1.04. The number of amides is 1. The van der Waals surface area contributed by atoms with Crippen molar-refractivity contribution in [3.05, 3.63) is 89.0 Å². The quantitative estimate of drug-likeness (QED) is 0.446. The summed E-state index contributed by atoms with van der Waals surface area (Å²) < 4.78 is 39.2. The molecule has 0 spiro atoms. The molecule has 2 aromatic carbocycles. The van der Waals surface area contributed by atoms with E-state index < -0.39 is 12.1 Å². The Labute approximate surface area is 230 Å². The number of aromatic nitrogens is 2. The van der Waals surface area contributed by atoms with Gasteiger partial charge in [0, 0.05) is 32.2 Å². The average Bonchev–Trinajstić information content (AvgIpc) is 3.37. The number of nitriles is 1. The lowest BCUT2D eigenvalue weighted by Crippen LogP contribution is -2.46. The predicted molar refractivity (Wildman–Crippen MR) is 141 cm³/mol. The second-order valence-corrected chi connectivity index (χ2v) is 9.91. The van der Waals surface area contributed by atoms with Crippen LogP contribution in [0.5, 0.6) is 0 Å². The zero-order valence-electron chi connectivity index (χ0n) is 22.3. The maximum Gasteiger partial charge on any atom is 0.490 e. The van der Waals surface area contributed by atoms with Gasteiger partial charge in [0.1, 0.15) is 5.69 Å². The number of alkyl halides is 3. The Balaban J connectivity index is 0.000000559. The number of piperidine rings is 1. The third kappa shape index (κ3) is 8.16. The van der Waals surface area contributed by atoms with Crippen molar-refractivity contribution in [1.82, 2.24) is 14.5 Å². The fourth-order valence-corrected chi connectivity index (χ4v) is 4.79. The predicted octanol–water partition coefficient (Wildman–Crippen LogP) is 4.86. The molecule has 0 bridgehead atoms. The lowest BCUT2D eigenvalue weighted by atomic mass is 9.74. The number of methoxy groups -OCH3 is 1. The molecule has 0 unspecified atom stereocenters. The highest BCUT2D eigenvalue weighted by molar-refractivity contribution is 5.92. The Morgan fingerprint density at radius 2 is 1.77 bits per heavy atom. The van der Waals surface area contributed by atoms with E-state index in [1.54, 1.807) is 31.8 Å². The molecule has 1 aliphatic heterocycles. The molecule has 0 radical (unpaired) electrons. The molecule has 0 aliphatic carbocycles. The molecule has 2 heterocycles. The molecule has 8 nitrogen and oxygen atoms in total. The van der Waals surface area contributed by atoms with Crippen LogP contribution in [0.25, 0.3) is 0 Å². The minimum absolute atomic E-state index is 0.0164. The van der Waals surface area contributed by atoms with Crippen molar-refractivity contribution < 1.29 is 32.6 Å². The van der Waals surface area contributed by atoms with Crippen LogP contribution in [0.3, 0.4) is 0 Å². The molecule has 1 saturated heterocycles. The van der Waals surface area contributed by atoms with Crippen LogP contribution < -0.4 is 0 Å². The van der Waals surface area contributed by atoms with Gasteiger partial charge in [0.05, 0.1) is 30.8 Å². The molecule has 11 heteroatoms.